The molecule has 0 aliphatic rings. The zero-order valence-electron chi connectivity index (χ0n) is 11.0. The third-order valence-corrected chi connectivity index (χ3v) is 3.17. The molecule has 0 saturated carbocycles. The van der Waals surface area contributed by atoms with E-state index >= 15 is 0 Å². The second-order valence-electron chi connectivity index (χ2n) is 5.26. The number of hydrazine groups is 1. The van der Waals surface area contributed by atoms with Gasteiger partial charge in [-0.3, -0.25) is 4.79 Å². The summed E-state index contributed by atoms with van der Waals surface area (Å²) < 4.78 is 0. The standard InChI is InChI=1S/C12H19ClN4O/c1-7(12(2,3)4)16-11(18)8-5-9(13)10(17-14)15-6-8/h5-7H,14H2,1-4H3,(H,15,17)(H,16,18). The Hall–Kier alpha value is -1.33. The number of halogens is 1. The van der Waals surface area contributed by atoms with Crippen LogP contribution in [0.4, 0.5) is 5.82 Å². The van der Waals surface area contributed by atoms with Crippen LogP contribution in [0.5, 0.6) is 0 Å². The Bertz CT molecular complexity index is 442. The fourth-order valence-electron chi connectivity index (χ4n) is 1.16. The van der Waals surface area contributed by atoms with Gasteiger partial charge in [-0.15, -0.1) is 0 Å². The first-order valence-corrected chi connectivity index (χ1v) is 6.06. The van der Waals surface area contributed by atoms with E-state index in [1.807, 2.05) is 6.92 Å². The van der Waals surface area contributed by atoms with Crippen molar-refractivity contribution in [2.45, 2.75) is 33.7 Å². The van der Waals surface area contributed by atoms with Gasteiger partial charge in [0.2, 0.25) is 0 Å². The van der Waals surface area contributed by atoms with Crippen molar-refractivity contribution in [3.05, 3.63) is 22.8 Å². The molecular formula is C12H19ClN4O. The number of carbonyl (C=O) groups is 1. The molecule has 1 aromatic heterocycles. The molecule has 0 fully saturated rings. The van der Waals surface area contributed by atoms with Crippen LogP contribution in [0.15, 0.2) is 12.3 Å². The van der Waals surface area contributed by atoms with Crippen LogP contribution in [0.2, 0.25) is 5.02 Å². The predicted molar refractivity (Wildman–Crippen MR) is 73.4 cm³/mol. The maximum atomic E-state index is 12.0. The van der Waals surface area contributed by atoms with Gasteiger partial charge in [-0.1, -0.05) is 32.4 Å². The molecule has 1 heterocycles. The summed E-state index contributed by atoms with van der Waals surface area (Å²) in [6.45, 7) is 8.14. The Labute approximate surface area is 112 Å². The fraction of sp³-hybridized carbons (Fsp3) is 0.500. The molecule has 1 aromatic rings. The molecule has 0 aliphatic heterocycles. The average molecular weight is 271 g/mol. The summed E-state index contributed by atoms with van der Waals surface area (Å²) in [5, 5.41) is 3.23. The number of aromatic nitrogens is 1. The van der Waals surface area contributed by atoms with Crippen molar-refractivity contribution in [3.63, 3.8) is 0 Å². The van der Waals surface area contributed by atoms with Crippen LogP contribution >= 0.6 is 11.6 Å². The predicted octanol–water partition coefficient (Wildman–Crippen LogP) is 2.19. The number of nitrogen functional groups attached to an aromatic ring is 1. The topological polar surface area (TPSA) is 80.0 Å². The van der Waals surface area contributed by atoms with Crippen LogP contribution in [0, 0.1) is 5.41 Å². The second-order valence-corrected chi connectivity index (χ2v) is 5.67. The van der Waals surface area contributed by atoms with Gasteiger partial charge in [0.25, 0.3) is 5.91 Å². The molecule has 1 rings (SSSR count). The van der Waals surface area contributed by atoms with Gasteiger partial charge in [0.15, 0.2) is 5.82 Å². The van der Waals surface area contributed by atoms with Crippen LogP contribution in [-0.4, -0.2) is 16.9 Å². The third-order valence-electron chi connectivity index (χ3n) is 2.89. The van der Waals surface area contributed by atoms with Crippen molar-refractivity contribution < 1.29 is 4.79 Å². The maximum absolute atomic E-state index is 12.0. The number of nitrogens with two attached hydrogens (primary N) is 1. The molecule has 100 valence electrons. The molecule has 6 heteroatoms. The largest absolute Gasteiger partial charge is 0.349 e. The van der Waals surface area contributed by atoms with Gasteiger partial charge >= 0.3 is 0 Å². The minimum absolute atomic E-state index is 0.00830. The van der Waals surface area contributed by atoms with Crippen LogP contribution in [0.25, 0.3) is 0 Å². The van der Waals surface area contributed by atoms with Gasteiger partial charge in [-0.25, -0.2) is 10.8 Å². The molecule has 0 aliphatic carbocycles. The number of hydrogen-bond donors (Lipinski definition) is 3. The molecule has 18 heavy (non-hydrogen) atoms. The summed E-state index contributed by atoms with van der Waals surface area (Å²) in [5.74, 6) is 5.36. The van der Waals surface area contributed by atoms with Crippen molar-refractivity contribution in [2.75, 3.05) is 5.43 Å². The SMILES string of the molecule is CC(NC(=O)c1cnc(NN)c(Cl)c1)C(C)(C)C. The highest BCUT2D eigenvalue weighted by Gasteiger charge is 2.22. The van der Waals surface area contributed by atoms with Gasteiger partial charge in [0, 0.05) is 12.2 Å². The van der Waals surface area contributed by atoms with E-state index in [0.29, 0.717) is 16.4 Å². The molecule has 1 atom stereocenters. The van der Waals surface area contributed by atoms with Gasteiger partial charge < -0.3 is 10.7 Å². The van der Waals surface area contributed by atoms with E-state index < -0.39 is 0 Å². The van der Waals surface area contributed by atoms with Gasteiger partial charge in [0.1, 0.15) is 0 Å². The number of anilines is 1. The van der Waals surface area contributed by atoms with E-state index in [4.69, 9.17) is 17.4 Å². The number of amides is 1. The molecule has 4 N–H and O–H groups in total. The zero-order valence-corrected chi connectivity index (χ0v) is 11.8. The molecule has 0 saturated heterocycles. The Kier molecular flexibility index (Phi) is 4.53. The lowest BCUT2D eigenvalue weighted by atomic mass is 9.88. The lowest BCUT2D eigenvalue weighted by Crippen LogP contribution is -2.41. The van der Waals surface area contributed by atoms with E-state index in [-0.39, 0.29) is 17.4 Å². The first kappa shape index (κ1) is 14.7. The van der Waals surface area contributed by atoms with E-state index in [9.17, 15) is 4.79 Å². The van der Waals surface area contributed by atoms with Crippen molar-refractivity contribution in [1.29, 1.82) is 0 Å². The second kappa shape index (κ2) is 5.54. The number of nitrogens with zero attached hydrogens (tertiary/aromatic N) is 1. The minimum atomic E-state index is -0.199. The molecule has 0 radical (unpaired) electrons. The highest BCUT2D eigenvalue weighted by atomic mass is 35.5. The smallest absolute Gasteiger partial charge is 0.253 e. The summed E-state index contributed by atoms with van der Waals surface area (Å²) in [6.07, 6.45) is 1.44. The molecule has 0 aromatic carbocycles. The molecule has 1 unspecified atom stereocenters. The average Bonchev–Trinajstić information content (AvgIpc) is 2.27. The van der Waals surface area contributed by atoms with E-state index in [2.05, 4.69) is 36.5 Å². The van der Waals surface area contributed by atoms with Crippen molar-refractivity contribution in [3.8, 4) is 0 Å². The Morgan fingerprint density at radius 2 is 2.11 bits per heavy atom. The Morgan fingerprint density at radius 3 is 2.56 bits per heavy atom. The zero-order chi connectivity index (χ0) is 13.9. The normalized spacial score (nSPS) is 13.0. The summed E-state index contributed by atoms with van der Waals surface area (Å²) in [5.41, 5.74) is 2.76. The van der Waals surface area contributed by atoms with Crippen LogP contribution < -0.4 is 16.6 Å². The number of pyridine rings is 1. The van der Waals surface area contributed by atoms with Crippen LogP contribution in [-0.2, 0) is 0 Å². The fourth-order valence-corrected chi connectivity index (χ4v) is 1.39. The molecule has 5 nitrogen and oxygen atoms in total. The first-order valence-electron chi connectivity index (χ1n) is 5.68. The summed E-state index contributed by atoms with van der Waals surface area (Å²) in [7, 11) is 0. The summed E-state index contributed by atoms with van der Waals surface area (Å²) in [6, 6.07) is 1.57. The molecule has 0 bridgehead atoms. The van der Waals surface area contributed by atoms with Crippen LogP contribution in [0.3, 0.4) is 0 Å². The first-order chi connectivity index (χ1) is 8.25. The Balaban J connectivity index is 2.82. The highest BCUT2D eigenvalue weighted by molar-refractivity contribution is 6.33. The van der Waals surface area contributed by atoms with Crippen molar-refractivity contribution in [2.24, 2.45) is 11.3 Å². The van der Waals surface area contributed by atoms with E-state index in [1.54, 1.807) is 0 Å². The number of rotatable bonds is 3. The summed E-state index contributed by atoms with van der Waals surface area (Å²) >= 11 is 5.92. The van der Waals surface area contributed by atoms with Crippen molar-refractivity contribution in [1.82, 2.24) is 10.3 Å². The van der Waals surface area contributed by atoms with E-state index in [0.717, 1.165) is 0 Å². The molecule has 0 spiro atoms. The van der Waals surface area contributed by atoms with Crippen molar-refractivity contribution >= 4 is 23.3 Å². The third kappa shape index (κ3) is 3.58. The number of nitrogens with one attached hydrogen (secondary N) is 2. The monoisotopic (exact) mass is 270 g/mol. The molecule has 1 amide bonds. The lowest BCUT2D eigenvalue weighted by Gasteiger charge is -2.28. The minimum Gasteiger partial charge on any atom is -0.349 e. The van der Waals surface area contributed by atoms with Crippen LogP contribution in [0.1, 0.15) is 38.1 Å². The maximum Gasteiger partial charge on any atom is 0.253 e. The highest BCUT2D eigenvalue weighted by Crippen LogP contribution is 2.21. The number of carbonyl (C=O) groups excluding carboxylic acids is 1. The van der Waals surface area contributed by atoms with Gasteiger partial charge in [0.05, 0.1) is 10.6 Å². The van der Waals surface area contributed by atoms with Gasteiger partial charge in [-0.2, -0.15) is 0 Å². The molecular weight excluding hydrogens is 252 g/mol. The van der Waals surface area contributed by atoms with Gasteiger partial charge in [-0.05, 0) is 18.4 Å². The van der Waals surface area contributed by atoms with E-state index in [1.165, 1.54) is 12.3 Å². The quantitative estimate of drug-likeness (QED) is 0.581. The number of hydrogen-bond acceptors (Lipinski definition) is 4. The summed E-state index contributed by atoms with van der Waals surface area (Å²) in [4.78, 5) is 16.0. The Morgan fingerprint density at radius 1 is 1.50 bits per heavy atom. The lowest BCUT2D eigenvalue weighted by molar-refractivity contribution is 0.0910.